The monoisotopic (exact) mass is 336 g/mol. The van der Waals surface area contributed by atoms with Gasteiger partial charge in [-0.05, 0) is 61.7 Å². The molecule has 2 aromatic rings. The van der Waals surface area contributed by atoms with E-state index in [2.05, 4.69) is 15.9 Å². The zero-order chi connectivity index (χ0) is 14.2. The highest BCUT2D eigenvalue weighted by molar-refractivity contribution is 9.10. The summed E-state index contributed by atoms with van der Waals surface area (Å²) in [4.78, 5) is 12.6. The quantitative estimate of drug-likeness (QED) is 0.683. The van der Waals surface area contributed by atoms with E-state index in [1.165, 1.54) is 0 Å². The first-order valence-electron chi connectivity index (χ1n) is 5.97. The summed E-state index contributed by atoms with van der Waals surface area (Å²) in [6.07, 6.45) is 0. The van der Waals surface area contributed by atoms with Crippen LogP contribution < -0.4 is 0 Å². The zero-order valence-electron chi connectivity index (χ0n) is 11.1. The molecule has 1 nitrogen and oxygen atoms in total. The van der Waals surface area contributed by atoms with Gasteiger partial charge in [-0.3, -0.25) is 4.79 Å². The molecule has 0 N–H and O–H groups in total. The number of ketones is 1. The molecule has 0 bridgehead atoms. The summed E-state index contributed by atoms with van der Waals surface area (Å²) in [5, 5.41) is 0.694. The molecule has 0 spiro atoms. The second-order valence-electron chi connectivity index (χ2n) is 4.70. The highest BCUT2D eigenvalue weighted by atomic mass is 79.9. The molecule has 0 aliphatic carbocycles. The van der Waals surface area contributed by atoms with Crippen molar-refractivity contribution in [2.24, 2.45) is 0 Å². The number of carbonyl (C=O) groups excluding carboxylic acids is 1. The van der Waals surface area contributed by atoms with Crippen LogP contribution in [0.1, 0.15) is 32.6 Å². The predicted octanol–water partition coefficient (Wildman–Crippen LogP) is 5.26. The molecule has 0 radical (unpaired) electrons. The van der Waals surface area contributed by atoms with E-state index in [0.29, 0.717) is 10.6 Å². The molecular weight excluding hydrogens is 324 g/mol. The fourth-order valence-electron chi connectivity index (χ4n) is 2.01. The fraction of sp³-hybridized carbons (Fsp3) is 0.188. The zero-order valence-corrected chi connectivity index (χ0v) is 13.4. The highest BCUT2D eigenvalue weighted by Gasteiger charge is 2.15. The average Bonchev–Trinajstić information content (AvgIpc) is 2.36. The summed E-state index contributed by atoms with van der Waals surface area (Å²) in [6, 6.07) is 9.44. The maximum Gasteiger partial charge on any atom is 0.193 e. The van der Waals surface area contributed by atoms with E-state index in [1.54, 1.807) is 0 Å². The summed E-state index contributed by atoms with van der Waals surface area (Å²) in [5.74, 6) is 0.0380. The molecule has 98 valence electrons. The molecule has 0 atom stereocenters. The summed E-state index contributed by atoms with van der Waals surface area (Å²) in [5.41, 5.74) is 4.23. The molecule has 2 rings (SSSR count). The molecule has 2 aromatic carbocycles. The van der Waals surface area contributed by atoms with E-state index in [-0.39, 0.29) is 5.78 Å². The van der Waals surface area contributed by atoms with Crippen LogP contribution in [-0.4, -0.2) is 5.78 Å². The number of benzene rings is 2. The van der Waals surface area contributed by atoms with Crippen LogP contribution in [0, 0.1) is 20.8 Å². The maximum absolute atomic E-state index is 12.6. The minimum atomic E-state index is 0.0380. The lowest BCUT2D eigenvalue weighted by Crippen LogP contribution is -2.06. The van der Waals surface area contributed by atoms with Crippen LogP contribution in [0.2, 0.25) is 5.02 Å². The lowest BCUT2D eigenvalue weighted by molar-refractivity contribution is 0.103. The minimum absolute atomic E-state index is 0.0380. The molecule has 19 heavy (non-hydrogen) atoms. The van der Waals surface area contributed by atoms with Crippen molar-refractivity contribution < 1.29 is 4.79 Å². The van der Waals surface area contributed by atoms with Crippen LogP contribution in [0.15, 0.2) is 34.8 Å². The molecule has 0 amide bonds. The van der Waals surface area contributed by atoms with Gasteiger partial charge in [0.25, 0.3) is 0 Å². The lowest BCUT2D eigenvalue weighted by Gasteiger charge is -2.10. The number of halogens is 2. The van der Waals surface area contributed by atoms with Gasteiger partial charge in [-0.1, -0.05) is 33.6 Å². The third-order valence-corrected chi connectivity index (χ3v) is 4.09. The third-order valence-electron chi connectivity index (χ3n) is 3.19. The molecule has 0 fully saturated rings. The van der Waals surface area contributed by atoms with E-state index >= 15 is 0 Å². The SMILES string of the molecule is Cc1cc(C(=O)c2cc(Br)ccc2C)c(C)cc1Cl. The molecule has 3 heteroatoms. The molecule has 0 saturated heterocycles. The van der Waals surface area contributed by atoms with Crippen molar-refractivity contribution in [3.05, 3.63) is 67.6 Å². The smallest absolute Gasteiger partial charge is 0.193 e. The van der Waals surface area contributed by atoms with Gasteiger partial charge in [0.15, 0.2) is 5.78 Å². The van der Waals surface area contributed by atoms with Gasteiger partial charge in [-0.15, -0.1) is 0 Å². The molecule has 0 aliphatic heterocycles. The van der Waals surface area contributed by atoms with Gasteiger partial charge in [-0.25, -0.2) is 0 Å². The molecule has 0 aromatic heterocycles. The molecular formula is C16H14BrClO. The van der Waals surface area contributed by atoms with E-state index in [4.69, 9.17) is 11.6 Å². The van der Waals surface area contributed by atoms with Gasteiger partial charge >= 0.3 is 0 Å². The normalized spacial score (nSPS) is 10.6. The lowest BCUT2D eigenvalue weighted by atomic mass is 9.95. The highest BCUT2D eigenvalue weighted by Crippen LogP contribution is 2.25. The van der Waals surface area contributed by atoms with Crippen molar-refractivity contribution in [3.8, 4) is 0 Å². The second kappa shape index (κ2) is 5.48. The Hall–Kier alpha value is -1.12. The van der Waals surface area contributed by atoms with E-state index < -0.39 is 0 Å². The van der Waals surface area contributed by atoms with Crippen molar-refractivity contribution in [1.82, 2.24) is 0 Å². The number of hydrogen-bond donors (Lipinski definition) is 0. The Morgan fingerprint density at radius 3 is 2.26 bits per heavy atom. The Kier molecular flexibility index (Phi) is 4.12. The van der Waals surface area contributed by atoms with Crippen molar-refractivity contribution in [2.45, 2.75) is 20.8 Å². The van der Waals surface area contributed by atoms with Crippen LogP contribution in [0.3, 0.4) is 0 Å². The van der Waals surface area contributed by atoms with Crippen molar-refractivity contribution in [3.63, 3.8) is 0 Å². The van der Waals surface area contributed by atoms with Gasteiger partial charge in [0, 0.05) is 20.6 Å². The Morgan fingerprint density at radius 1 is 0.947 bits per heavy atom. The van der Waals surface area contributed by atoms with Crippen molar-refractivity contribution in [1.29, 1.82) is 0 Å². The van der Waals surface area contributed by atoms with Crippen LogP contribution in [0.4, 0.5) is 0 Å². The van der Waals surface area contributed by atoms with Crippen LogP contribution >= 0.6 is 27.5 Å². The van der Waals surface area contributed by atoms with Crippen LogP contribution in [0.25, 0.3) is 0 Å². The molecule has 0 aliphatic rings. The van der Waals surface area contributed by atoms with E-state index in [1.807, 2.05) is 51.1 Å². The fourth-order valence-corrected chi connectivity index (χ4v) is 2.59. The first-order chi connectivity index (χ1) is 8.90. The van der Waals surface area contributed by atoms with Gasteiger partial charge in [0.05, 0.1) is 0 Å². The van der Waals surface area contributed by atoms with Crippen molar-refractivity contribution >= 4 is 33.3 Å². The Labute approximate surface area is 126 Å². The number of rotatable bonds is 2. The second-order valence-corrected chi connectivity index (χ2v) is 6.03. The Balaban J connectivity index is 2.56. The van der Waals surface area contributed by atoms with Gasteiger partial charge in [0.2, 0.25) is 0 Å². The summed E-state index contributed by atoms with van der Waals surface area (Å²) in [6.45, 7) is 5.76. The first-order valence-corrected chi connectivity index (χ1v) is 7.15. The number of aryl methyl sites for hydroxylation is 3. The Morgan fingerprint density at radius 2 is 1.58 bits per heavy atom. The average molecular weight is 338 g/mol. The minimum Gasteiger partial charge on any atom is -0.289 e. The van der Waals surface area contributed by atoms with E-state index in [0.717, 1.165) is 26.7 Å². The van der Waals surface area contributed by atoms with Crippen LogP contribution in [0.5, 0.6) is 0 Å². The Bertz CT molecular complexity index is 662. The third kappa shape index (κ3) is 2.90. The van der Waals surface area contributed by atoms with E-state index in [9.17, 15) is 4.79 Å². The largest absolute Gasteiger partial charge is 0.289 e. The van der Waals surface area contributed by atoms with Crippen LogP contribution in [-0.2, 0) is 0 Å². The number of carbonyl (C=O) groups is 1. The molecule has 0 heterocycles. The summed E-state index contributed by atoms with van der Waals surface area (Å²) < 4.78 is 0.907. The first kappa shape index (κ1) is 14.3. The van der Waals surface area contributed by atoms with Gasteiger partial charge in [0.1, 0.15) is 0 Å². The van der Waals surface area contributed by atoms with Crippen molar-refractivity contribution in [2.75, 3.05) is 0 Å². The maximum atomic E-state index is 12.6. The topological polar surface area (TPSA) is 17.1 Å². The summed E-state index contributed by atoms with van der Waals surface area (Å²) >= 11 is 9.48. The predicted molar refractivity (Wildman–Crippen MR) is 83.2 cm³/mol. The standard InChI is InChI=1S/C16H14BrClO/c1-9-4-5-12(17)8-14(9)16(19)13-6-11(3)15(18)7-10(13)2/h4-8H,1-3H3. The molecule has 0 unspecified atom stereocenters. The summed E-state index contributed by atoms with van der Waals surface area (Å²) in [7, 11) is 0. The molecule has 0 saturated carbocycles. The van der Waals surface area contributed by atoms with Gasteiger partial charge in [-0.2, -0.15) is 0 Å². The van der Waals surface area contributed by atoms with Gasteiger partial charge < -0.3 is 0 Å². The number of hydrogen-bond acceptors (Lipinski definition) is 1.